The first-order valence-electron chi connectivity index (χ1n) is 7.91. The van der Waals surface area contributed by atoms with Crippen molar-refractivity contribution >= 4 is 17.3 Å². The van der Waals surface area contributed by atoms with Crippen LogP contribution >= 0.6 is 11.6 Å². The van der Waals surface area contributed by atoms with Crippen molar-refractivity contribution in [2.45, 2.75) is 19.4 Å². The van der Waals surface area contributed by atoms with E-state index in [0.717, 1.165) is 11.4 Å². The Kier molecular flexibility index (Phi) is 3.59. The van der Waals surface area contributed by atoms with E-state index in [1.54, 1.807) is 0 Å². The number of hydrogen-bond donors (Lipinski definition) is 1. The van der Waals surface area contributed by atoms with Gasteiger partial charge >= 0.3 is 0 Å². The van der Waals surface area contributed by atoms with Crippen molar-refractivity contribution in [2.75, 3.05) is 5.32 Å². The molecule has 0 saturated heterocycles. The molecule has 2 heteroatoms. The van der Waals surface area contributed by atoms with Crippen molar-refractivity contribution in [3.63, 3.8) is 0 Å². The summed E-state index contributed by atoms with van der Waals surface area (Å²) in [5.41, 5.74) is 7.60. The van der Waals surface area contributed by atoms with Crippen LogP contribution in [-0.4, -0.2) is 0 Å². The average molecular weight is 320 g/mol. The lowest BCUT2D eigenvalue weighted by Gasteiger charge is -2.13. The molecular formula is C21H18ClN. The Hall–Kier alpha value is -2.25. The molecule has 1 aliphatic rings. The van der Waals surface area contributed by atoms with E-state index in [1.165, 1.54) is 33.5 Å². The molecule has 0 radical (unpaired) electrons. The third kappa shape index (κ3) is 2.73. The summed E-state index contributed by atoms with van der Waals surface area (Å²) < 4.78 is 0. The van der Waals surface area contributed by atoms with Crippen LogP contribution in [0.2, 0.25) is 5.02 Å². The van der Waals surface area contributed by atoms with Gasteiger partial charge < -0.3 is 5.32 Å². The molecule has 0 aromatic heterocycles. The number of fused-ring (bicyclic) bond motifs is 1. The lowest BCUT2D eigenvalue weighted by molar-refractivity contribution is 0.824. The number of nitrogens with one attached hydrogen (secondary N) is 1. The van der Waals surface area contributed by atoms with Crippen molar-refractivity contribution < 1.29 is 0 Å². The van der Waals surface area contributed by atoms with Crippen LogP contribution in [0.5, 0.6) is 0 Å². The summed E-state index contributed by atoms with van der Waals surface area (Å²) in [6.07, 6.45) is 0.988. The standard InChI is InChI=1S/C21H18ClN/c1-14-11-19(22)12-18-13-20(23-21(14)18)17-9-7-16(8-10-17)15-5-3-2-4-6-15/h2-12,20,23H,13H2,1H3. The number of anilines is 1. The highest BCUT2D eigenvalue weighted by atomic mass is 35.5. The minimum Gasteiger partial charge on any atom is -0.377 e. The van der Waals surface area contributed by atoms with Crippen molar-refractivity contribution in [2.24, 2.45) is 0 Å². The summed E-state index contributed by atoms with van der Waals surface area (Å²) in [4.78, 5) is 0. The summed E-state index contributed by atoms with van der Waals surface area (Å²) in [7, 11) is 0. The van der Waals surface area contributed by atoms with Gasteiger partial charge in [0.1, 0.15) is 0 Å². The Morgan fingerprint density at radius 2 is 1.61 bits per heavy atom. The topological polar surface area (TPSA) is 12.0 Å². The van der Waals surface area contributed by atoms with E-state index in [-0.39, 0.29) is 0 Å². The van der Waals surface area contributed by atoms with E-state index in [1.807, 2.05) is 12.1 Å². The van der Waals surface area contributed by atoms with E-state index < -0.39 is 0 Å². The number of hydrogen-bond acceptors (Lipinski definition) is 1. The average Bonchev–Trinajstić information content (AvgIpc) is 3.00. The second-order valence-electron chi connectivity index (χ2n) is 6.15. The molecule has 1 aliphatic heterocycles. The van der Waals surface area contributed by atoms with E-state index in [4.69, 9.17) is 11.6 Å². The Morgan fingerprint density at radius 3 is 2.35 bits per heavy atom. The molecule has 0 fully saturated rings. The Labute approximate surface area is 141 Å². The van der Waals surface area contributed by atoms with E-state index in [0.29, 0.717) is 6.04 Å². The van der Waals surface area contributed by atoms with Crippen molar-refractivity contribution in [1.29, 1.82) is 0 Å². The zero-order chi connectivity index (χ0) is 15.8. The largest absolute Gasteiger partial charge is 0.377 e. The molecule has 23 heavy (non-hydrogen) atoms. The van der Waals surface area contributed by atoms with E-state index >= 15 is 0 Å². The second-order valence-corrected chi connectivity index (χ2v) is 6.58. The third-order valence-electron chi connectivity index (χ3n) is 4.54. The minimum atomic E-state index is 0.326. The van der Waals surface area contributed by atoms with Gasteiger partial charge in [0.2, 0.25) is 0 Å². The molecule has 1 atom stereocenters. The molecule has 4 rings (SSSR count). The van der Waals surface area contributed by atoms with E-state index in [2.05, 4.69) is 66.8 Å². The van der Waals surface area contributed by atoms with Crippen LogP contribution in [0.15, 0.2) is 66.7 Å². The minimum absolute atomic E-state index is 0.326. The van der Waals surface area contributed by atoms with Gasteiger partial charge in [0.05, 0.1) is 6.04 Å². The molecule has 3 aromatic carbocycles. The molecular weight excluding hydrogens is 302 g/mol. The fraction of sp³-hybridized carbons (Fsp3) is 0.143. The molecule has 1 unspecified atom stereocenters. The molecule has 1 heterocycles. The molecule has 0 saturated carbocycles. The van der Waals surface area contributed by atoms with Gasteiger partial charge in [-0.2, -0.15) is 0 Å². The molecule has 1 nitrogen and oxygen atoms in total. The van der Waals surface area contributed by atoms with Gasteiger partial charge in [-0.25, -0.2) is 0 Å². The first-order chi connectivity index (χ1) is 11.2. The maximum atomic E-state index is 6.18. The molecule has 0 aliphatic carbocycles. The number of aryl methyl sites for hydroxylation is 1. The van der Waals surface area contributed by atoms with Gasteiger partial charge in [0.15, 0.2) is 0 Å². The van der Waals surface area contributed by atoms with Crippen LogP contribution in [0, 0.1) is 6.92 Å². The lowest BCUT2D eigenvalue weighted by atomic mass is 9.99. The number of rotatable bonds is 2. The van der Waals surface area contributed by atoms with Crippen LogP contribution in [0.25, 0.3) is 11.1 Å². The zero-order valence-corrected chi connectivity index (χ0v) is 13.8. The summed E-state index contributed by atoms with van der Waals surface area (Å²) in [6.45, 7) is 2.11. The summed E-state index contributed by atoms with van der Waals surface area (Å²) in [5, 5.41) is 4.47. The first-order valence-corrected chi connectivity index (χ1v) is 8.29. The second kappa shape index (κ2) is 5.75. The smallest absolute Gasteiger partial charge is 0.0555 e. The van der Waals surface area contributed by atoms with Gasteiger partial charge in [-0.3, -0.25) is 0 Å². The molecule has 3 aromatic rings. The van der Waals surface area contributed by atoms with Crippen molar-refractivity contribution in [3.05, 3.63) is 88.4 Å². The fourth-order valence-electron chi connectivity index (χ4n) is 3.36. The Balaban J connectivity index is 1.60. The maximum Gasteiger partial charge on any atom is 0.0555 e. The van der Waals surface area contributed by atoms with Gasteiger partial charge in [-0.15, -0.1) is 0 Å². The highest BCUT2D eigenvalue weighted by Crippen LogP contribution is 2.38. The van der Waals surface area contributed by atoms with Crippen LogP contribution in [0.4, 0.5) is 5.69 Å². The maximum absolute atomic E-state index is 6.18. The van der Waals surface area contributed by atoms with E-state index in [9.17, 15) is 0 Å². The molecule has 0 bridgehead atoms. The van der Waals surface area contributed by atoms with Crippen LogP contribution < -0.4 is 5.32 Å². The number of benzene rings is 3. The van der Waals surface area contributed by atoms with Gasteiger partial charge in [0.25, 0.3) is 0 Å². The summed E-state index contributed by atoms with van der Waals surface area (Å²) >= 11 is 6.18. The third-order valence-corrected chi connectivity index (χ3v) is 4.76. The zero-order valence-electron chi connectivity index (χ0n) is 13.0. The SMILES string of the molecule is Cc1cc(Cl)cc2c1NC(c1ccc(-c3ccccc3)cc1)C2. The van der Waals surface area contributed by atoms with Crippen LogP contribution in [0.1, 0.15) is 22.7 Å². The quantitative estimate of drug-likeness (QED) is 0.608. The van der Waals surface area contributed by atoms with Crippen LogP contribution in [-0.2, 0) is 6.42 Å². The normalized spacial score (nSPS) is 16.0. The molecule has 114 valence electrons. The highest BCUT2D eigenvalue weighted by Gasteiger charge is 2.23. The molecule has 0 amide bonds. The first kappa shape index (κ1) is 14.3. The van der Waals surface area contributed by atoms with Crippen LogP contribution in [0.3, 0.4) is 0 Å². The Bertz CT molecular complexity index is 838. The van der Waals surface area contributed by atoms with Gasteiger partial charge in [-0.1, -0.05) is 66.2 Å². The predicted octanol–water partition coefficient (Wildman–Crippen LogP) is 6.02. The molecule has 1 N–H and O–H groups in total. The predicted molar refractivity (Wildman–Crippen MR) is 98.1 cm³/mol. The monoisotopic (exact) mass is 319 g/mol. The fourth-order valence-corrected chi connectivity index (χ4v) is 3.66. The van der Waals surface area contributed by atoms with Gasteiger partial charge in [-0.05, 0) is 53.3 Å². The van der Waals surface area contributed by atoms with Gasteiger partial charge in [0, 0.05) is 10.7 Å². The Morgan fingerprint density at radius 1 is 0.913 bits per heavy atom. The highest BCUT2D eigenvalue weighted by molar-refractivity contribution is 6.30. The number of halogens is 1. The lowest BCUT2D eigenvalue weighted by Crippen LogP contribution is -2.05. The van der Waals surface area contributed by atoms with Crippen molar-refractivity contribution in [3.8, 4) is 11.1 Å². The molecule has 0 spiro atoms. The van der Waals surface area contributed by atoms with Crippen molar-refractivity contribution in [1.82, 2.24) is 0 Å². The summed E-state index contributed by atoms with van der Waals surface area (Å²) in [6, 6.07) is 23.8. The summed E-state index contributed by atoms with van der Waals surface area (Å²) in [5.74, 6) is 0.